The number of nitrogens with one attached hydrogen (secondary N) is 1. The highest BCUT2D eigenvalue weighted by Gasteiger charge is 2.11. The van der Waals surface area contributed by atoms with E-state index in [-0.39, 0.29) is 11.6 Å². The van der Waals surface area contributed by atoms with Crippen molar-refractivity contribution in [3.63, 3.8) is 0 Å². The predicted molar refractivity (Wildman–Crippen MR) is 72.7 cm³/mol. The highest BCUT2D eigenvalue weighted by molar-refractivity contribution is 5.94. The third-order valence-corrected chi connectivity index (χ3v) is 3.16. The van der Waals surface area contributed by atoms with Crippen LogP contribution in [0.25, 0.3) is 0 Å². The summed E-state index contributed by atoms with van der Waals surface area (Å²) in [5, 5.41) is 13.3. The minimum atomic E-state index is -0.486. The number of hydrogen-bond donors (Lipinski definition) is 1. The maximum atomic E-state index is 11.8. The van der Waals surface area contributed by atoms with Gasteiger partial charge in [-0.1, -0.05) is 0 Å². The molecule has 2 rings (SSSR count). The van der Waals surface area contributed by atoms with Crippen molar-refractivity contribution in [1.29, 1.82) is 0 Å². The van der Waals surface area contributed by atoms with Crippen molar-refractivity contribution in [1.82, 2.24) is 10.2 Å². The van der Waals surface area contributed by atoms with Crippen LogP contribution in [0, 0.1) is 10.1 Å². The molecule has 1 aromatic carbocycles. The van der Waals surface area contributed by atoms with Crippen molar-refractivity contribution in [2.75, 3.05) is 39.4 Å². The van der Waals surface area contributed by atoms with Crippen molar-refractivity contribution in [3.8, 4) is 0 Å². The summed E-state index contributed by atoms with van der Waals surface area (Å²) in [6, 6.07) is 5.58. The van der Waals surface area contributed by atoms with Crippen LogP contribution in [0.5, 0.6) is 0 Å². The summed E-state index contributed by atoms with van der Waals surface area (Å²) in [6.07, 6.45) is 0. The molecule has 0 spiro atoms. The summed E-state index contributed by atoms with van der Waals surface area (Å²) in [7, 11) is 0. The number of ether oxygens (including phenoxy) is 1. The van der Waals surface area contributed by atoms with Gasteiger partial charge in [0.25, 0.3) is 11.6 Å². The van der Waals surface area contributed by atoms with Gasteiger partial charge in [0.05, 0.1) is 18.1 Å². The number of carbonyl (C=O) groups is 1. The number of non-ortho nitro benzene ring substituents is 1. The molecule has 1 aliphatic heterocycles. The molecule has 1 N–H and O–H groups in total. The van der Waals surface area contributed by atoms with Crippen LogP contribution in [0.2, 0.25) is 0 Å². The largest absolute Gasteiger partial charge is 0.379 e. The van der Waals surface area contributed by atoms with Gasteiger partial charge in [0, 0.05) is 43.9 Å². The Morgan fingerprint density at radius 2 is 1.95 bits per heavy atom. The number of rotatable bonds is 5. The smallest absolute Gasteiger partial charge is 0.269 e. The van der Waals surface area contributed by atoms with Crippen molar-refractivity contribution in [2.24, 2.45) is 0 Å². The zero-order chi connectivity index (χ0) is 14.4. The maximum Gasteiger partial charge on any atom is 0.269 e. The lowest BCUT2D eigenvalue weighted by molar-refractivity contribution is -0.384. The van der Waals surface area contributed by atoms with Gasteiger partial charge in [-0.15, -0.1) is 0 Å². The molecule has 0 saturated carbocycles. The first-order valence-corrected chi connectivity index (χ1v) is 6.49. The minimum Gasteiger partial charge on any atom is -0.379 e. The summed E-state index contributed by atoms with van der Waals surface area (Å²) < 4.78 is 5.24. The Morgan fingerprint density at radius 3 is 2.55 bits per heavy atom. The fourth-order valence-electron chi connectivity index (χ4n) is 1.99. The molecular formula is C13H17N3O4. The molecule has 1 amide bonds. The standard InChI is InChI=1S/C13H17N3O4/c17-13(11-1-3-12(4-2-11)16(18)19)14-5-6-15-7-9-20-10-8-15/h1-4H,5-10H2,(H,14,17). The predicted octanol–water partition coefficient (Wildman–Crippen LogP) is 0.657. The fraction of sp³-hybridized carbons (Fsp3) is 0.462. The quantitative estimate of drug-likeness (QED) is 0.632. The zero-order valence-corrected chi connectivity index (χ0v) is 11.1. The van der Waals surface area contributed by atoms with Gasteiger partial charge in [-0.05, 0) is 12.1 Å². The summed E-state index contributed by atoms with van der Waals surface area (Å²) in [4.78, 5) is 24.1. The van der Waals surface area contributed by atoms with Crippen LogP contribution < -0.4 is 5.32 Å². The number of amides is 1. The minimum absolute atomic E-state index is 0.0186. The molecule has 1 aromatic rings. The number of morpholine rings is 1. The number of carbonyl (C=O) groups excluding carboxylic acids is 1. The Balaban J connectivity index is 1.77. The average Bonchev–Trinajstić information content (AvgIpc) is 2.48. The lowest BCUT2D eigenvalue weighted by Crippen LogP contribution is -2.41. The molecular weight excluding hydrogens is 262 g/mol. The highest BCUT2D eigenvalue weighted by atomic mass is 16.6. The molecule has 1 fully saturated rings. The van der Waals surface area contributed by atoms with E-state index in [2.05, 4.69) is 10.2 Å². The van der Waals surface area contributed by atoms with Crippen LogP contribution in [-0.2, 0) is 4.74 Å². The summed E-state index contributed by atoms with van der Waals surface area (Å²) >= 11 is 0. The molecule has 0 aromatic heterocycles. The molecule has 7 nitrogen and oxygen atoms in total. The third kappa shape index (κ3) is 4.01. The van der Waals surface area contributed by atoms with Gasteiger partial charge < -0.3 is 10.1 Å². The van der Waals surface area contributed by atoms with Crippen LogP contribution in [0.3, 0.4) is 0 Å². The van der Waals surface area contributed by atoms with Gasteiger partial charge in [0.15, 0.2) is 0 Å². The second-order valence-electron chi connectivity index (χ2n) is 4.51. The van der Waals surface area contributed by atoms with E-state index in [4.69, 9.17) is 4.74 Å². The molecule has 108 valence electrons. The van der Waals surface area contributed by atoms with Crippen molar-refractivity contribution in [3.05, 3.63) is 39.9 Å². The van der Waals surface area contributed by atoms with Crippen molar-refractivity contribution >= 4 is 11.6 Å². The monoisotopic (exact) mass is 279 g/mol. The van der Waals surface area contributed by atoms with E-state index in [1.54, 1.807) is 0 Å². The Bertz CT molecular complexity index is 469. The number of nitrogens with zero attached hydrogens (tertiary/aromatic N) is 2. The Morgan fingerprint density at radius 1 is 1.30 bits per heavy atom. The Hall–Kier alpha value is -1.99. The summed E-state index contributed by atoms with van der Waals surface area (Å²) in [5.41, 5.74) is 0.410. The van der Waals surface area contributed by atoms with E-state index in [1.807, 2.05) is 0 Å². The van der Waals surface area contributed by atoms with Gasteiger partial charge in [0.1, 0.15) is 0 Å². The Labute approximate surface area is 116 Å². The third-order valence-electron chi connectivity index (χ3n) is 3.16. The molecule has 0 unspecified atom stereocenters. The molecule has 0 aliphatic carbocycles. The van der Waals surface area contributed by atoms with Crippen LogP contribution >= 0.6 is 0 Å². The number of nitro groups is 1. The second-order valence-corrected chi connectivity index (χ2v) is 4.51. The molecule has 0 bridgehead atoms. The molecule has 1 aliphatic rings. The average molecular weight is 279 g/mol. The topological polar surface area (TPSA) is 84.7 Å². The van der Waals surface area contributed by atoms with Gasteiger partial charge in [-0.25, -0.2) is 0 Å². The van der Waals surface area contributed by atoms with Gasteiger partial charge >= 0.3 is 0 Å². The van der Waals surface area contributed by atoms with E-state index >= 15 is 0 Å². The first kappa shape index (κ1) is 14.4. The molecule has 20 heavy (non-hydrogen) atoms. The van der Waals surface area contributed by atoms with E-state index in [1.165, 1.54) is 24.3 Å². The van der Waals surface area contributed by atoms with Crippen LogP contribution in [-0.4, -0.2) is 55.1 Å². The Kier molecular flexibility index (Phi) is 5.03. The first-order chi connectivity index (χ1) is 9.66. The number of hydrogen-bond acceptors (Lipinski definition) is 5. The summed E-state index contributed by atoms with van der Waals surface area (Å²) in [6.45, 7) is 4.56. The molecule has 0 atom stereocenters. The van der Waals surface area contributed by atoms with Crippen molar-refractivity contribution in [2.45, 2.75) is 0 Å². The lowest BCUT2D eigenvalue weighted by Gasteiger charge is -2.26. The number of benzene rings is 1. The normalized spacial score (nSPS) is 15.8. The van der Waals surface area contributed by atoms with E-state index in [0.29, 0.717) is 12.1 Å². The summed E-state index contributed by atoms with van der Waals surface area (Å²) in [5.74, 6) is -0.215. The van der Waals surface area contributed by atoms with Crippen LogP contribution in [0.1, 0.15) is 10.4 Å². The van der Waals surface area contributed by atoms with Crippen LogP contribution in [0.4, 0.5) is 5.69 Å². The zero-order valence-electron chi connectivity index (χ0n) is 11.1. The molecule has 0 radical (unpaired) electrons. The fourth-order valence-corrected chi connectivity index (χ4v) is 1.99. The lowest BCUT2D eigenvalue weighted by atomic mass is 10.2. The van der Waals surface area contributed by atoms with Crippen LogP contribution in [0.15, 0.2) is 24.3 Å². The van der Waals surface area contributed by atoms with E-state index in [9.17, 15) is 14.9 Å². The number of nitro benzene ring substituents is 1. The highest BCUT2D eigenvalue weighted by Crippen LogP contribution is 2.11. The first-order valence-electron chi connectivity index (χ1n) is 6.49. The van der Waals surface area contributed by atoms with E-state index in [0.717, 1.165) is 32.8 Å². The molecule has 7 heteroatoms. The molecule has 1 heterocycles. The second kappa shape index (κ2) is 6.97. The van der Waals surface area contributed by atoms with Gasteiger partial charge in [-0.2, -0.15) is 0 Å². The van der Waals surface area contributed by atoms with Gasteiger partial charge in [0.2, 0.25) is 0 Å². The van der Waals surface area contributed by atoms with Gasteiger partial charge in [-0.3, -0.25) is 19.8 Å². The maximum absolute atomic E-state index is 11.8. The van der Waals surface area contributed by atoms with E-state index < -0.39 is 4.92 Å². The SMILES string of the molecule is O=C(NCCN1CCOCC1)c1ccc([N+](=O)[O-])cc1. The van der Waals surface area contributed by atoms with Crippen molar-refractivity contribution < 1.29 is 14.5 Å². The molecule has 1 saturated heterocycles.